The van der Waals surface area contributed by atoms with Gasteiger partial charge in [0.1, 0.15) is 5.75 Å². The van der Waals surface area contributed by atoms with E-state index in [4.69, 9.17) is 4.74 Å². The van der Waals surface area contributed by atoms with Crippen LogP contribution in [0.3, 0.4) is 0 Å². The van der Waals surface area contributed by atoms with Crippen molar-refractivity contribution in [2.75, 3.05) is 14.2 Å². The minimum Gasteiger partial charge on any atom is -0.496 e. The summed E-state index contributed by atoms with van der Waals surface area (Å²) >= 11 is 0. The van der Waals surface area contributed by atoms with Gasteiger partial charge in [-0.1, -0.05) is 38.0 Å². The fourth-order valence-electron chi connectivity index (χ4n) is 3.19. The predicted molar refractivity (Wildman–Crippen MR) is 75.9 cm³/mol. The first kappa shape index (κ1) is 13.4. The summed E-state index contributed by atoms with van der Waals surface area (Å²) in [6, 6.07) is 8.82. The lowest BCUT2D eigenvalue weighted by Gasteiger charge is -2.33. The number of para-hydroxylation sites is 1. The lowest BCUT2D eigenvalue weighted by atomic mass is 9.77. The van der Waals surface area contributed by atoms with Gasteiger partial charge >= 0.3 is 0 Å². The molecule has 100 valence electrons. The molecule has 0 aromatic heterocycles. The number of hydrogen-bond acceptors (Lipinski definition) is 2. The van der Waals surface area contributed by atoms with Crippen LogP contribution >= 0.6 is 0 Å². The smallest absolute Gasteiger partial charge is 0.123 e. The van der Waals surface area contributed by atoms with Gasteiger partial charge in [0, 0.05) is 11.6 Å². The maximum absolute atomic E-state index is 5.50. The van der Waals surface area contributed by atoms with E-state index in [0.717, 1.165) is 17.6 Å². The van der Waals surface area contributed by atoms with Gasteiger partial charge < -0.3 is 10.1 Å². The van der Waals surface area contributed by atoms with E-state index in [0.29, 0.717) is 6.04 Å². The van der Waals surface area contributed by atoms with Crippen molar-refractivity contribution >= 4 is 0 Å². The molecule has 0 heterocycles. The van der Waals surface area contributed by atoms with Crippen molar-refractivity contribution in [3.05, 3.63) is 29.8 Å². The van der Waals surface area contributed by atoms with Crippen LogP contribution in [0, 0.1) is 11.8 Å². The largest absolute Gasteiger partial charge is 0.496 e. The minimum absolute atomic E-state index is 0.425. The Labute approximate surface area is 111 Å². The molecule has 1 fully saturated rings. The Balaban J connectivity index is 2.17. The summed E-state index contributed by atoms with van der Waals surface area (Å²) < 4.78 is 5.50. The second kappa shape index (κ2) is 6.24. The normalized spacial score (nSPS) is 25.7. The van der Waals surface area contributed by atoms with E-state index in [-0.39, 0.29) is 0 Å². The first-order valence-corrected chi connectivity index (χ1v) is 7.06. The number of ether oxygens (including phenoxy) is 1. The molecule has 0 saturated heterocycles. The standard InChI is InChI=1S/C16H25NO/c1-12-8-10-13(11-9-12)16(17-2)14-6-4-5-7-15(14)18-3/h4-7,12-13,16-17H,8-11H2,1-3H3. The Bertz CT molecular complexity index is 369. The van der Waals surface area contributed by atoms with E-state index >= 15 is 0 Å². The van der Waals surface area contributed by atoms with Crippen molar-refractivity contribution in [2.45, 2.75) is 38.6 Å². The first-order valence-electron chi connectivity index (χ1n) is 7.06. The summed E-state index contributed by atoms with van der Waals surface area (Å²) in [6.07, 6.45) is 5.37. The molecule has 2 heteroatoms. The van der Waals surface area contributed by atoms with Crippen LogP contribution in [-0.2, 0) is 0 Å². The maximum Gasteiger partial charge on any atom is 0.123 e. The average molecular weight is 247 g/mol. The van der Waals surface area contributed by atoms with Crippen molar-refractivity contribution in [2.24, 2.45) is 11.8 Å². The minimum atomic E-state index is 0.425. The predicted octanol–water partition coefficient (Wildman–Crippen LogP) is 3.78. The Morgan fingerprint density at radius 3 is 2.44 bits per heavy atom. The highest BCUT2D eigenvalue weighted by Crippen LogP contribution is 2.39. The molecule has 1 aromatic rings. The number of rotatable bonds is 4. The Morgan fingerprint density at radius 1 is 1.17 bits per heavy atom. The zero-order valence-corrected chi connectivity index (χ0v) is 11.8. The topological polar surface area (TPSA) is 21.3 Å². The Morgan fingerprint density at radius 2 is 1.83 bits per heavy atom. The molecular weight excluding hydrogens is 222 g/mol. The zero-order valence-electron chi connectivity index (χ0n) is 11.8. The Hall–Kier alpha value is -1.02. The van der Waals surface area contributed by atoms with Crippen molar-refractivity contribution in [3.8, 4) is 5.75 Å². The van der Waals surface area contributed by atoms with Gasteiger partial charge in [0.15, 0.2) is 0 Å². The molecule has 1 aromatic carbocycles. The molecule has 0 radical (unpaired) electrons. The highest BCUT2D eigenvalue weighted by atomic mass is 16.5. The third-order valence-electron chi connectivity index (χ3n) is 4.32. The van der Waals surface area contributed by atoms with E-state index in [1.54, 1.807) is 7.11 Å². The summed E-state index contributed by atoms with van der Waals surface area (Å²) in [5.74, 6) is 2.65. The van der Waals surface area contributed by atoms with Crippen LogP contribution in [0.2, 0.25) is 0 Å². The summed E-state index contributed by atoms with van der Waals surface area (Å²) in [7, 11) is 3.82. The third kappa shape index (κ3) is 2.86. The monoisotopic (exact) mass is 247 g/mol. The second-order valence-corrected chi connectivity index (χ2v) is 5.53. The fourth-order valence-corrected chi connectivity index (χ4v) is 3.19. The van der Waals surface area contributed by atoms with Crippen LogP contribution in [-0.4, -0.2) is 14.2 Å². The first-order chi connectivity index (χ1) is 8.76. The number of benzene rings is 1. The van der Waals surface area contributed by atoms with E-state index in [1.807, 2.05) is 6.07 Å². The van der Waals surface area contributed by atoms with Crippen LogP contribution in [0.25, 0.3) is 0 Å². The molecule has 1 atom stereocenters. The highest BCUT2D eigenvalue weighted by molar-refractivity contribution is 5.36. The van der Waals surface area contributed by atoms with Crippen molar-refractivity contribution in [1.82, 2.24) is 5.32 Å². The van der Waals surface area contributed by atoms with Gasteiger partial charge in [-0.2, -0.15) is 0 Å². The fraction of sp³-hybridized carbons (Fsp3) is 0.625. The van der Waals surface area contributed by atoms with Crippen LogP contribution in [0.5, 0.6) is 5.75 Å². The molecule has 1 aliphatic carbocycles. The van der Waals surface area contributed by atoms with Gasteiger partial charge in [-0.05, 0) is 37.8 Å². The second-order valence-electron chi connectivity index (χ2n) is 5.53. The van der Waals surface area contributed by atoms with E-state index in [9.17, 15) is 0 Å². The van der Waals surface area contributed by atoms with Crippen LogP contribution < -0.4 is 10.1 Å². The van der Waals surface area contributed by atoms with Gasteiger partial charge in [0.05, 0.1) is 7.11 Å². The molecule has 2 nitrogen and oxygen atoms in total. The zero-order chi connectivity index (χ0) is 13.0. The molecule has 1 saturated carbocycles. The molecule has 1 unspecified atom stereocenters. The summed E-state index contributed by atoms with van der Waals surface area (Å²) in [6.45, 7) is 2.37. The molecule has 18 heavy (non-hydrogen) atoms. The quantitative estimate of drug-likeness (QED) is 0.874. The molecule has 1 aliphatic rings. The lowest BCUT2D eigenvalue weighted by Crippen LogP contribution is -2.28. The molecule has 0 bridgehead atoms. The van der Waals surface area contributed by atoms with Gasteiger partial charge in [-0.25, -0.2) is 0 Å². The molecule has 0 aliphatic heterocycles. The van der Waals surface area contributed by atoms with Crippen molar-refractivity contribution in [1.29, 1.82) is 0 Å². The molecule has 0 amide bonds. The van der Waals surface area contributed by atoms with Crippen molar-refractivity contribution in [3.63, 3.8) is 0 Å². The number of methoxy groups -OCH3 is 1. The van der Waals surface area contributed by atoms with Gasteiger partial charge in [0.2, 0.25) is 0 Å². The summed E-state index contributed by atoms with van der Waals surface area (Å²) in [5.41, 5.74) is 1.31. The Kier molecular flexibility index (Phi) is 4.65. The third-order valence-corrected chi connectivity index (χ3v) is 4.32. The van der Waals surface area contributed by atoms with Crippen LogP contribution in [0.1, 0.15) is 44.2 Å². The molecular formula is C16H25NO. The van der Waals surface area contributed by atoms with E-state index in [1.165, 1.54) is 31.2 Å². The summed E-state index contributed by atoms with van der Waals surface area (Å²) in [4.78, 5) is 0. The lowest BCUT2D eigenvalue weighted by molar-refractivity contribution is 0.234. The van der Waals surface area contributed by atoms with Crippen LogP contribution in [0.15, 0.2) is 24.3 Å². The van der Waals surface area contributed by atoms with Crippen molar-refractivity contribution < 1.29 is 4.74 Å². The number of nitrogens with one attached hydrogen (secondary N) is 1. The molecule has 2 rings (SSSR count). The van der Waals surface area contributed by atoms with Gasteiger partial charge in [-0.15, -0.1) is 0 Å². The summed E-state index contributed by atoms with van der Waals surface area (Å²) in [5, 5.41) is 3.50. The van der Waals surface area contributed by atoms with Crippen LogP contribution in [0.4, 0.5) is 0 Å². The average Bonchev–Trinajstić information content (AvgIpc) is 2.42. The SMILES string of the molecule is CNC(c1ccccc1OC)C1CCC(C)CC1. The van der Waals surface area contributed by atoms with Gasteiger partial charge in [-0.3, -0.25) is 0 Å². The van der Waals surface area contributed by atoms with E-state index in [2.05, 4.69) is 37.5 Å². The molecule has 0 spiro atoms. The number of hydrogen-bond donors (Lipinski definition) is 1. The maximum atomic E-state index is 5.50. The van der Waals surface area contributed by atoms with Gasteiger partial charge in [0.25, 0.3) is 0 Å². The molecule has 1 N–H and O–H groups in total. The highest BCUT2D eigenvalue weighted by Gasteiger charge is 2.27. The van der Waals surface area contributed by atoms with E-state index < -0.39 is 0 Å².